The van der Waals surface area contributed by atoms with E-state index in [4.69, 9.17) is 9.47 Å². The van der Waals surface area contributed by atoms with Gasteiger partial charge in [0, 0.05) is 0 Å². The number of fused-ring (bicyclic) bond motifs is 1. The molecule has 2 N–H and O–H groups in total. The highest BCUT2D eigenvalue weighted by Gasteiger charge is 2.28. The molecule has 9 heteroatoms. The summed E-state index contributed by atoms with van der Waals surface area (Å²) in [6.45, 7) is 5.60. The fourth-order valence-electron chi connectivity index (χ4n) is 3.31. The molecule has 1 aliphatic heterocycles. The van der Waals surface area contributed by atoms with E-state index in [2.05, 4.69) is 10.0 Å². The Morgan fingerprint density at radius 2 is 1.87 bits per heavy atom. The van der Waals surface area contributed by atoms with Crippen molar-refractivity contribution in [2.24, 2.45) is 0 Å². The Kier molecular flexibility index (Phi) is 7.51. The summed E-state index contributed by atoms with van der Waals surface area (Å²) in [7, 11) is -3.85. The normalized spacial score (nSPS) is 14.8. The monoisotopic (exact) mass is 464 g/mol. The van der Waals surface area contributed by atoms with Crippen molar-refractivity contribution in [1.82, 2.24) is 10.0 Å². The number of benzene rings is 2. The van der Waals surface area contributed by atoms with Crippen molar-refractivity contribution in [3.05, 3.63) is 53.1 Å². The number of carbonyl (C=O) groups is 1. The fourth-order valence-corrected chi connectivity index (χ4v) is 5.34. The molecule has 7 nitrogen and oxygen atoms in total. The molecule has 0 fully saturated rings. The number of carbonyl (C=O) groups excluding carboxylic acids is 1. The van der Waals surface area contributed by atoms with Crippen LogP contribution in [0.25, 0.3) is 0 Å². The Balaban J connectivity index is 1.76. The van der Waals surface area contributed by atoms with Gasteiger partial charge < -0.3 is 14.8 Å². The third-order valence-corrected chi connectivity index (χ3v) is 7.37. The minimum atomic E-state index is -3.85. The van der Waals surface area contributed by atoms with E-state index in [1.165, 1.54) is 0 Å². The number of rotatable bonds is 9. The second kappa shape index (κ2) is 9.93. The van der Waals surface area contributed by atoms with Crippen LogP contribution >= 0.6 is 11.8 Å². The van der Waals surface area contributed by atoms with Gasteiger partial charge in [-0.15, -0.1) is 0 Å². The standard InChI is InChI=1S/C22H28N2O5S2/c1-14-5-6-15(2)21(11-14)31(26,27)24-18(9-10-30-4)22(25)23-16(3)17-7-8-19-20(12-17)29-13-28-19/h5-8,11-12,16,18,24H,9-10,13H2,1-4H3,(H,23,25)/t16-,18-/m1/s1. The minimum absolute atomic E-state index is 0.177. The van der Waals surface area contributed by atoms with E-state index in [0.717, 1.165) is 11.1 Å². The van der Waals surface area contributed by atoms with Crippen LogP contribution in [-0.4, -0.2) is 39.2 Å². The van der Waals surface area contributed by atoms with Gasteiger partial charge in [0.15, 0.2) is 11.5 Å². The number of amides is 1. The first kappa shape index (κ1) is 23.4. The molecule has 2 aromatic rings. The Morgan fingerprint density at radius 1 is 1.13 bits per heavy atom. The SMILES string of the molecule is CSCC[C@@H](NS(=O)(=O)c1cc(C)ccc1C)C(=O)N[C@H](C)c1ccc2c(c1)OCO2. The van der Waals surface area contributed by atoms with Gasteiger partial charge in [0.1, 0.15) is 6.04 Å². The molecule has 3 rings (SSSR count). The zero-order chi connectivity index (χ0) is 22.6. The highest BCUT2D eigenvalue weighted by Crippen LogP contribution is 2.34. The summed E-state index contributed by atoms with van der Waals surface area (Å²) in [5.74, 6) is 1.58. The van der Waals surface area contributed by atoms with Crippen molar-refractivity contribution >= 4 is 27.7 Å². The van der Waals surface area contributed by atoms with E-state index in [-0.39, 0.29) is 23.6 Å². The molecule has 31 heavy (non-hydrogen) atoms. The van der Waals surface area contributed by atoms with Gasteiger partial charge >= 0.3 is 0 Å². The molecule has 1 aliphatic rings. The molecule has 0 aromatic heterocycles. The first-order valence-corrected chi connectivity index (χ1v) is 12.9. The number of ether oxygens (including phenoxy) is 2. The van der Waals surface area contributed by atoms with Crippen molar-refractivity contribution in [3.63, 3.8) is 0 Å². The Hall–Kier alpha value is -2.23. The topological polar surface area (TPSA) is 93.7 Å². The summed E-state index contributed by atoms with van der Waals surface area (Å²) in [4.78, 5) is 13.2. The van der Waals surface area contributed by atoms with Crippen LogP contribution in [-0.2, 0) is 14.8 Å². The highest BCUT2D eigenvalue weighted by atomic mass is 32.2. The first-order chi connectivity index (χ1) is 14.7. The number of nitrogens with one attached hydrogen (secondary N) is 2. The van der Waals surface area contributed by atoms with E-state index in [1.54, 1.807) is 36.9 Å². The summed E-state index contributed by atoms with van der Waals surface area (Å²) in [6, 6.07) is 9.52. The maximum atomic E-state index is 13.0. The zero-order valence-corrected chi connectivity index (χ0v) is 19.7. The van der Waals surface area contributed by atoms with Gasteiger partial charge in [-0.1, -0.05) is 18.2 Å². The van der Waals surface area contributed by atoms with Gasteiger partial charge in [0.25, 0.3) is 0 Å². The maximum Gasteiger partial charge on any atom is 0.241 e. The fraction of sp³-hybridized carbons (Fsp3) is 0.409. The molecule has 1 heterocycles. The van der Waals surface area contributed by atoms with Crippen LogP contribution in [0, 0.1) is 13.8 Å². The smallest absolute Gasteiger partial charge is 0.241 e. The van der Waals surface area contributed by atoms with Gasteiger partial charge in [-0.05, 0) is 74.1 Å². The van der Waals surface area contributed by atoms with E-state index >= 15 is 0 Å². The molecule has 0 saturated carbocycles. The van der Waals surface area contributed by atoms with E-state index in [9.17, 15) is 13.2 Å². The molecule has 0 aliphatic carbocycles. The minimum Gasteiger partial charge on any atom is -0.454 e. The van der Waals surface area contributed by atoms with Crippen LogP contribution in [0.3, 0.4) is 0 Å². The zero-order valence-electron chi connectivity index (χ0n) is 18.1. The molecular weight excluding hydrogens is 436 g/mol. The van der Waals surface area contributed by atoms with E-state index in [1.807, 2.05) is 38.3 Å². The van der Waals surface area contributed by atoms with Gasteiger partial charge in [-0.2, -0.15) is 16.5 Å². The van der Waals surface area contributed by atoms with E-state index < -0.39 is 16.1 Å². The van der Waals surface area contributed by atoms with Crippen molar-refractivity contribution in [2.45, 2.75) is 44.2 Å². The van der Waals surface area contributed by atoms with Gasteiger partial charge in [-0.25, -0.2) is 8.42 Å². The molecule has 2 aromatic carbocycles. The summed E-state index contributed by atoms with van der Waals surface area (Å²) < 4.78 is 39.4. The second-order valence-electron chi connectivity index (χ2n) is 7.57. The third kappa shape index (κ3) is 5.72. The van der Waals surface area contributed by atoms with Crippen LogP contribution < -0.4 is 19.5 Å². The largest absolute Gasteiger partial charge is 0.454 e. The molecule has 0 unspecified atom stereocenters. The Bertz CT molecular complexity index is 1060. The van der Waals surface area contributed by atoms with Crippen molar-refractivity contribution < 1.29 is 22.7 Å². The lowest BCUT2D eigenvalue weighted by Gasteiger charge is -2.22. The Morgan fingerprint density at radius 3 is 2.61 bits per heavy atom. The molecular formula is C22H28N2O5S2. The molecule has 0 radical (unpaired) electrons. The van der Waals surface area contributed by atoms with Crippen LogP contribution in [0.2, 0.25) is 0 Å². The molecule has 168 valence electrons. The lowest BCUT2D eigenvalue weighted by atomic mass is 10.1. The Labute approximate surface area is 188 Å². The van der Waals surface area contributed by atoms with Gasteiger partial charge in [0.05, 0.1) is 10.9 Å². The quantitative estimate of drug-likeness (QED) is 0.591. The lowest BCUT2D eigenvalue weighted by molar-refractivity contribution is -0.123. The van der Waals surface area contributed by atoms with Crippen LogP contribution in [0.15, 0.2) is 41.3 Å². The summed E-state index contributed by atoms with van der Waals surface area (Å²) in [5, 5.41) is 2.92. The van der Waals surface area contributed by atoms with Crippen LogP contribution in [0.4, 0.5) is 0 Å². The predicted octanol–water partition coefficient (Wildman–Crippen LogP) is 3.31. The van der Waals surface area contributed by atoms with Crippen molar-refractivity contribution in [2.75, 3.05) is 18.8 Å². The number of hydrogen-bond donors (Lipinski definition) is 2. The summed E-state index contributed by atoms with van der Waals surface area (Å²) >= 11 is 1.56. The average Bonchev–Trinajstić information content (AvgIpc) is 3.20. The number of aryl methyl sites for hydroxylation is 2. The lowest BCUT2D eigenvalue weighted by Crippen LogP contribution is -2.47. The number of thioether (sulfide) groups is 1. The summed E-state index contributed by atoms with van der Waals surface area (Å²) in [5.41, 5.74) is 2.32. The number of sulfonamides is 1. The van der Waals surface area contributed by atoms with Crippen molar-refractivity contribution in [1.29, 1.82) is 0 Å². The third-order valence-electron chi connectivity index (χ3n) is 5.11. The molecule has 1 amide bonds. The van der Waals surface area contributed by atoms with Gasteiger partial charge in [-0.3, -0.25) is 4.79 Å². The molecule has 2 atom stereocenters. The highest BCUT2D eigenvalue weighted by molar-refractivity contribution is 7.98. The van der Waals surface area contributed by atoms with E-state index in [0.29, 0.717) is 29.2 Å². The maximum absolute atomic E-state index is 13.0. The average molecular weight is 465 g/mol. The van der Waals surface area contributed by atoms with Crippen LogP contribution in [0.5, 0.6) is 11.5 Å². The molecule has 0 bridgehead atoms. The van der Waals surface area contributed by atoms with Crippen LogP contribution in [0.1, 0.15) is 36.1 Å². The van der Waals surface area contributed by atoms with Crippen molar-refractivity contribution in [3.8, 4) is 11.5 Å². The number of hydrogen-bond acceptors (Lipinski definition) is 6. The predicted molar refractivity (Wildman–Crippen MR) is 122 cm³/mol. The summed E-state index contributed by atoms with van der Waals surface area (Å²) in [6.07, 6.45) is 2.30. The van der Waals surface area contributed by atoms with Gasteiger partial charge in [0.2, 0.25) is 22.7 Å². The molecule has 0 saturated heterocycles. The second-order valence-corrected chi connectivity index (χ2v) is 10.2. The molecule has 0 spiro atoms. The first-order valence-electron chi connectivity index (χ1n) is 9.99.